The van der Waals surface area contributed by atoms with Gasteiger partial charge in [0.1, 0.15) is 12.8 Å². The van der Waals surface area contributed by atoms with Crippen molar-refractivity contribution < 1.29 is 14.6 Å². The molecule has 6 heteroatoms. The van der Waals surface area contributed by atoms with Gasteiger partial charge in [0.15, 0.2) is 0 Å². The fourth-order valence-electron chi connectivity index (χ4n) is 3.15. The maximum absolute atomic E-state index is 5.67. The molecule has 0 N–H and O–H groups in total. The van der Waals surface area contributed by atoms with Gasteiger partial charge < -0.3 is 4.90 Å². The highest BCUT2D eigenvalue weighted by molar-refractivity contribution is 4.82. The molecule has 2 aliphatic heterocycles. The first-order chi connectivity index (χ1) is 10.2. The molecule has 1 atom stereocenters. The van der Waals surface area contributed by atoms with E-state index in [4.69, 9.17) is 14.6 Å². The topological polar surface area (TPSA) is 37.4 Å². The van der Waals surface area contributed by atoms with E-state index in [9.17, 15) is 0 Å². The molecule has 0 aromatic heterocycles. The normalized spacial score (nSPS) is 26.6. The summed E-state index contributed by atoms with van der Waals surface area (Å²) in [5.74, 6) is 0. The van der Waals surface area contributed by atoms with Crippen molar-refractivity contribution in [3.63, 3.8) is 0 Å². The van der Waals surface area contributed by atoms with Crippen LogP contribution in [0.5, 0.6) is 0 Å². The molecular formula is C15H31N3O3. The first kappa shape index (κ1) is 17.1. The van der Waals surface area contributed by atoms with E-state index in [1.54, 1.807) is 5.06 Å². The quantitative estimate of drug-likeness (QED) is 0.401. The minimum absolute atomic E-state index is 0.117. The third kappa shape index (κ3) is 5.81. The predicted molar refractivity (Wildman–Crippen MR) is 81.5 cm³/mol. The molecular weight excluding hydrogens is 270 g/mol. The fourth-order valence-corrected chi connectivity index (χ4v) is 3.15. The Labute approximate surface area is 128 Å². The van der Waals surface area contributed by atoms with Crippen molar-refractivity contribution in [3.05, 3.63) is 0 Å². The maximum atomic E-state index is 5.67. The van der Waals surface area contributed by atoms with Gasteiger partial charge in [-0.3, -0.25) is 9.74 Å². The third-order valence-corrected chi connectivity index (χ3v) is 4.34. The van der Waals surface area contributed by atoms with E-state index in [1.807, 2.05) is 14.1 Å². The minimum atomic E-state index is 0.117. The van der Waals surface area contributed by atoms with E-state index in [0.29, 0.717) is 19.3 Å². The van der Waals surface area contributed by atoms with E-state index in [1.165, 1.54) is 38.8 Å². The van der Waals surface area contributed by atoms with Crippen LogP contribution in [-0.4, -0.2) is 81.1 Å². The van der Waals surface area contributed by atoms with Gasteiger partial charge in [0, 0.05) is 26.7 Å². The van der Waals surface area contributed by atoms with Crippen molar-refractivity contribution in [2.75, 3.05) is 54.0 Å². The Morgan fingerprint density at radius 3 is 2.48 bits per heavy atom. The molecule has 0 aromatic rings. The lowest BCUT2D eigenvalue weighted by Gasteiger charge is -2.43. The summed E-state index contributed by atoms with van der Waals surface area (Å²) in [6.07, 6.45) is 6.16. The smallest absolute Gasteiger partial charge is 0.146 e. The number of rotatable bonds is 7. The van der Waals surface area contributed by atoms with Crippen molar-refractivity contribution in [2.24, 2.45) is 0 Å². The number of hydroxylamine groups is 2. The molecule has 0 amide bonds. The lowest BCUT2D eigenvalue weighted by atomic mass is 9.99. The summed E-state index contributed by atoms with van der Waals surface area (Å²) in [6, 6.07) is 0.646. The van der Waals surface area contributed by atoms with Crippen LogP contribution < -0.4 is 0 Å². The number of nitrogens with zero attached hydrogens (tertiary/aromatic N) is 3. The van der Waals surface area contributed by atoms with E-state index >= 15 is 0 Å². The Balaban J connectivity index is 1.71. The molecule has 0 saturated carbocycles. The lowest BCUT2D eigenvalue weighted by Crippen LogP contribution is -2.51. The molecule has 0 spiro atoms. The summed E-state index contributed by atoms with van der Waals surface area (Å²) in [5.41, 5.74) is 0. The highest BCUT2D eigenvalue weighted by atomic mass is 17.2. The Bertz CT molecular complexity index is 283. The molecule has 0 aliphatic carbocycles. The van der Waals surface area contributed by atoms with Crippen molar-refractivity contribution in [1.82, 2.24) is 14.9 Å². The predicted octanol–water partition coefficient (Wildman–Crippen LogP) is 1.33. The SMILES string of the molecule is CN1CCC(N2CCCCC2OOCCON(C)C)CC1. The average Bonchev–Trinajstić information content (AvgIpc) is 2.48. The van der Waals surface area contributed by atoms with E-state index in [-0.39, 0.29) is 6.23 Å². The Kier molecular flexibility index (Phi) is 7.36. The number of hydrogen-bond donors (Lipinski definition) is 0. The van der Waals surface area contributed by atoms with Crippen LogP contribution in [-0.2, 0) is 14.6 Å². The second kappa shape index (κ2) is 9.02. The van der Waals surface area contributed by atoms with Crippen LogP contribution in [0.1, 0.15) is 32.1 Å². The van der Waals surface area contributed by atoms with Gasteiger partial charge in [-0.1, -0.05) is 0 Å². The molecule has 0 bridgehead atoms. The van der Waals surface area contributed by atoms with Crippen LogP contribution in [0.3, 0.4) is 0 Å². The summed E-state index contributed by atoms with van der Waals surface area (Å²) in [4.78, 5) is 21.3. The zero-order valence-corrected chi connectivity index (χ0v) is 13.8. The lowest BCUT2D eigenvalue weighted by molar-refractivity contribution is -0.366. The van der Waals surface area contributed by atoms with Gasteiger partial charge in [-0.25, -0.2) is 9.78 Å². The molecule has 2 fully saturated rings. The second-order valence-electron chi connectivity index (χ2n) is 6.29. The first-order valence-electron chi connectivity index (χ1n) is 8.19. The van der Waals surface area contributed by atoms with Gasteiger partial charge in [-0.2, -0.15) is 5.06 Å². The summed E-state index contributed by atoms with van der Waals surface area (Å²) >= 11 is 0. The van der Waals surface area contributed by atoms with Gasteiger partial charge in [0.25, 0.3) is 0 Å². The molecule has 2 saturated heterocycles. The molecule has 2 aliphatic rings. The van der Waals surface area contributed by atoms with Gasteiger partial charge in [-0.15, -0.1) is 0 Å². The molecule has 124 valence electrons. The van der Waals surface area contributed by atoms with Crippen molar-refractivity contribution in [1.29, 1.82) is 0 Å². The standard InChI is InChI=1S/C15H31N3O3/c1-16(2)19-12-13-20-21-15-6-4-5-9-18(15)14-7-10-17(3)11-8-14/h14-15H,4-13H2,1-3H3. The van der Waals surface area contributed by atoms with Crippen molar-refractivity contribution >= 4 is 0 Å². The van der Waals surface area contributed by atoms with Gasteiger partial charge in [0.2, 0.25) is 0 Å². The summed E-state index contributed by atoms with van der Waals surface area (Å²) in [5, 5.41) is 1.68. The number of likely N-dealkylation sites (tertiary alicyclic amines) is 2. The monoisotopic (exact) mass is 301 g/mol. The van der Waals surface area contributed by atoms with E-state index in [2.05, 4.69) is 16.8 Å². The molecule has 21 heavy (non-hydrogen) atoms. The Morgan fingerprint density at radius 2 is 1.76 bits per heavy atom. The molecule has 0 aromatic carbocycles. The Morgan fingerprint density at radius 1 is 1.00 bits per heavy atom. The number of hydrogen-bond acceptors (Lipinski definition) is 6. The van der Waals surface area contributed by atoms with Crippen molar-refractivity contribution in [3.8, 4) is 0 Å². The fraction of sp³-hybridized carbons (Fsp3) is 1.00. The maximum Gasteiger partial charge on any atom is 0.146 e. The van der Waals surface area contributed by atoms with Crippen LogP contribution in [0, 0.1) is 0 Å². The van der Waals surface area contributed by atoms with Gasteiger partial charge >= 0.3 is 0 Å². The van der Waals surface area contributed by atoms with Gasteiger partial charge in [-0.05, 0) is 52.2 Å². The first-order valence-corrected chi connectivity index (χ1v) is 8.19. The minimum Gasteiger partial charge on any atom is -0.306 e. The molecule has 1 unspecified atom stereocenters. The summed E-state index contributed by atoms with van der Waals surface area (Å²) in [6.45, 7) is 4.50. The molecule has 6 nitrogen and oxygen atoms in total. The largest absolute Gasteiger partial charge is 0.306 e. The van der Waals surface area contributed by atoms with Crippen LogP contribution in [0.25, 0.3) is 0 Å². The summed E-state index contributed by atoms with van der Waals surface area (Å²) < 4.78 is 0. The van der Waals surface area contributed by atoms with E-state index < -0.39 is 0 Å². The summed E-state index contributed by atoms with van der Waals surface area (Å²) in [7, 11) is 5.93. The molecule has 2 rings (SSSR count). The van der Waals surface area contributed by atoms with E-state index in [0.717, 1.165) is 13.0 Å². The zero-order valence-electron chi connectivity index (χ0n) is 13.8. The number of piperidine rings is 2. The highest BCUT2D eigenvalue weighted by Gasteiger charge is 2.31. The molecule has 2 heterocycles. The van der Waals surface area contributed by atoms with Crippen LogP contribution >= 0.6 is 0 Å². The highest BCUT2D eigenvalue weighted by Crippen LogP contribution is 2.25. The van der Waals surface area contributed by atoms with Crippen LogP contribution in [0.2, 0.25) is 0 Å². The van der Waals surface area contributed by atoms with Gasteiger partial charge in [0.05, 0.1) is 6.61 Å². The van der Waals surface area contributed by atoms with Crippen LogP contribution in [0.4, 0.5) is 0 Å². The van der Waals surface area contributed by atoms with Crippen molar-refractivity contribution in [2.45, 2.75) is 44.4 Å². The second-order valence-corrected chi connectivity index (χ2v) is 6.29. The Hall–Kier alpha value is -0.240. The zero-order chi connectivity index (χ0) is 15.1. The third-order valence-electron chi connectivity index (χ3n) is 4.34. The molecule has 0 radical (unpaired) electrons. The van der Waals surface area contributed by atoms with Crippen LogP contribution in [0.15, 0.2) is 0 Å². The average molecular weight is 301 g/mol.